The van der Waals surface area contributed by atoms with E-state index in [1.165, 1.54) is 12.1 Å². The van der Waals surface area contributed by atoms with Gasteiger partial charge in [0.1, 0.15) is 5.82 Å². The summed E-state index contributed by atoms with van der Waals surface area (Å²) in [7, 11) is 0. The standard InChI is InChI=1S/C16H16Cl2FNO/c1-10(15-12(17)7-8-13(19)16(15)18)20-14(9-21)11-5-3-2-4-6-11/h2-8,10,14,20-21H,9H2,1H3/t10?,14-/m1/s1. The van der Waals surface area contributed by atoms with Crippen LogP contribution in [0.25, 0.3) is 0 Å². The number of rotatable bonds is 5. The second-order valence-electron chi connectivity index (χ2n) is 4.79. The fourth-order valence-electron chi connectivity index (χ4n) is 2.26. The zero-order valence-corrected chi connectivity index (χ0v) is 13.0. The Bertz CT molecular complexity index is 607. The number of nitrogens with one attached hydrogen (secondary N) is 1. The van der Waals surface area contributed by atoms with Crippen molar-refractivity contribution in [2.45, 2.75) is 19.0 Å². The fourth-order valence-corrected chi connectivity index (χ4v) is 2.96. The molecule has 0 amide bonds. The van der Waals surface area contributed by atoms with Crippen LogP contribution < -0.4 is 5.32 Å². The second-order valence-corrected chi connectivity index (χ2v) is 5.58. The first-order chi connectivity index (χ1) is 10.0. The van der Waals surface area contributed by atoms with Crippen molar-refractivity contribution in [2.24, 2.45) is 0 Å². The molecule has 0 aliphatic rings. The molecule has 0 radical (unpaired) electrons. The number of benzene rings is 2. The lowest BCUT2D eigenvalue weighted by Gasteiger charge is -2.24. The number of hydrogen-bond acceptors (Lipinski definition) is 2. The van der Waals surface area contributed by atoms with Crippen molar-refractivity contribution in [1.29, 1.82) is 0 Å². The summed E-state index contributed by atoms with van der Waals surface area (Å²) >= 11 is 12.1. The molecule has 2 aromatic carbocycles. The second kappa shape index (κ2) is 7.23. The van der Waals surface area contributed by atoms with E-state index in [9.17, 15) is 9.50 Å². The minimum absolute atomic E-state index is 0.00671. The third-order valence-electron chi connectivity index (χ3n) is 3.35. The molecule has 112 valence electrons. The van der Waals surface area contributed by atoms with Gasteiger partial charge in [-0.2, -0.15) is 0 Å². The summed E-state index contributed by atoms with van der Waals surface area (Å²) in [6.45, 7) is 1.75. The molecule has 2 nitrogen and oxygen atoms in total. The van der Waals surface area contributed by atoms with Crippen molar-refractivity contribution < 1.29 is 9.50 Å². The van der Waals surface area contributed by atoms with Crippen LogP contribution in [-0.2, 0) is 0 Å². The molecule has 0 heterocycles. The smallest absolute Gasteiger partial charge is 0.142 e. The molecule has 2 N–H and O–H groups in total. The van der Waals surface area contributed by atoms with Gasteiger partial charge in [0.15, 0.2) is 0 Å². The highest BCUT2D eigenvalue weighted by molar-refractivity contribution is 6.36. The number of halogens is 3. The molecule has 0 spiro atoms. The molecular weight excluding hydrogens is 312 g/mol. The molecule has 0 fully saturated rings. The summed E-state index contributed by atoms with van der Waals surface area (Å²) in [5.41, 5.74) is 1.43. The van der Waals surface area contributed by atoms with E-state index in [2.05, 4.69) is 5.32 Å². The largest absolute Gasteiger partial charge is 0.394 e. The van der Waals surface area contributed by atoms with Crippen LogP contribution in [0.2, 0.25) is 10.0 Å². The molecule has 0 aliphatic carbocycles. The Morgan fingerprint density at radius 2 is 1.81 bits per heavy atom. The lowest BCUT2D eigenvalue weighted by molar-refractivity contribution is 0.235. The maximum absolute atomic E-state index is 13.6. The zero-order chi connectivity index (χ0) is 15.4. The van der Waals surface area contributed by atoms with Crippen molar-refractivity contribution in [3.8, 4) is 0 Å². The van der Waals surface area contributed by atoms with Gasteiger partial charge in [0.05, 0.1) is 17.7 Å². The van der Waals surface area contributed by atoms with Crippen molar-refractivity contribution in [2.75, 3.05) is 6.61 Å². The van der Waals surface area contributed by atoms with Crippen LogP contribution in [-0.4, -0.2) is 11.7 Å². The van der Waals surface area contributed by atoms with E-state index in [1.54, 1.807) is 0 Å². The van der Waals surface area contributed by atoms with E-state index in [0.717, 1.165) is 5.56 Å². The monoisotopic (exact) mass is 327 g/mol. The zero-order valence-electron chi connectivity index (χ0n) is 11.5. The quantitative estimate of drug-likeness (QED) is 0.791. The molecule has 0 saturated carbocycles. The van der Waals surface area contributed by atoms with Gasteiger partial charge in [-0.3, -0.25) is 0 Å². The Morgan fingerprint density at radius 3 is 2.43 bits per heavy atom. The first-order valence-corrected chi connectivity index (χ1v) is 7.35. The molecule has 2 rings (SSSR count). The van der Waals surface area contributed by atoms with Gasteiger partial charge in [-0.15, -0.1) is 0 Å². The summed E-state index contributed by atoms with van der Waals surface area (Å²) in [4.78, 5) is 0. The lowest BCUT2D eigenvalue weighted by atomic mass is 10.0. The Balaban J connectivity index is 2.25. The third kappa shape index (κ3) is 3.74. The molecule has 0 bridgehead atoms. The minimum atomic E-state index is -0.509. The van der Waals surface area contributed by atoms with E-state index in [4.69, 9.17) is 23.2 Å². The lowest BCUT2D eigenvalue weighted by Crippen LogP contribution is -2.27. The normalized spacial score (nSPS) is 14.0. The molecule has 0 saturated heterocycles. The van der Waals surface area contributed by atoms with E-state index < -0.39 is 5.82 Å². The molecule has 2 aromatic rings. The maximum atomic E-state index is 13.6. The summed E-state index contributed by atoms with van der Waals surface area (Å²) in [5, 5.41) is 13.2. The van der Waals surface area contributed by atoms with Crippen LogP contribution in [0, 0.1) is 5.82 Å². The highest BCUT2D eigenvalue weighted by atomic mass is 35.5. The van der Waals surface area contributed by atoms with E-state index in [1.807, 2.05) is 37.3 Å². The van der Waals surface area contributed by atoms with Crippen LogP contribution in [0.4, 0.5) is 4.39 Å². The number of aliphatic hydroxyl groups excluding tert-OH is 1. The Labute approximate surface area is 133 Å². The van der Waals surface area contributed by atoms with Gasteiger partial charge in [-0.1, -0.05) is 53.5 Å². The average Bonchev–Trinajstić information content (AvgIpc) is 2.50. The summed E-state index contributed by atoms with van der Waals surface area (Å²) < 4.78 is 13.6. The first-order valence-electron chi connectivity index (χ1n) is 6.59. The van der Waals surface area contributed by atoms with E-state index >= 15 is 0 Å². The van der Waals surface area contributed by atoms with E-state index in [-0.39, 0.29) is 23.7 Å². The van der Waals surface area contributed by atoms with Crippen LogP contribution in [0.3, 0.4) is 0 Å². The van der Waals surface area contributed by atoms with Crippen LogP contribution in [0.5, 0.6) is 0 Å². The molecule has 0 aliphatic heterocycles. The number of hydrogen-bond donors (Lipinski definition) is 2. The molecule has 5 heteroatoms. The van der Waals surface area contributed by atoms with Gasteiger partial charge in [-0.25, -0.2) is 4.39 Å². The van der Waals surface area contributed by atoms with Gasteiger partial charge in [0.25, 0.3) is 0 Å². The van der Waals surface area contributed by atoms with Gasteiger partial charge < -0.3 is 10.4 Å². The van der Waals surface area contributed by atoms with Gasteiger partial charge in [-0.05, 0) is 24.6 Å². The Morgan fingerprint density at radius 1 is 1.14 bits per heavy atom. The highest BCUT2D eigenvalue weighted by Gasteiger charge is 2.20. The molecule has 2 atom stereocenters. The van der Waals surface area contributed by atoms with Gasteiger partial charge in [0, 0.05) is 16.6 Å². The predicted molar refractivity (Wildman–Crippen MR) is 84.2 cm³/mol. The van der Waals surface area contributed by atoms with Crippen LogP contribution in [0.15, 0.2) is 42.5 Å². The SMILES string of the molecule is CC(N[C@H](CO)c1ccccc1)c1c(Cl)ccc(F)c1Cl. The topological polar surface area (TPSA) is 32.3 Å². The van der Waals surface area contributed by atoms with Crippen LogP contribution in [0.1, 0.15) is 30.1 Å². The predicted octanol–water partition coefficient (Wildman–Crippen LogP) is 4.52. The van der Waals surface area contributed by atoms with Crippen molar-refractivity contribution in [3.05, 3.63) is 69.5 Å². The van der Waals surface area contributed by atoms with Crippen LogP contribution >= 0.6 is 23.2 Å². The average molecular weight is 328 g/mol. The third-order valence-corrected chi connectivity index (χ3v) is 4.06. The summed E-state index contributed by atoms with van der Waals surface area (Å²) in [6.07, 6.45) is 0. The van der Waals surface area contributed by atoms with Gasteiger partial charge >= 0.3 is 0 Å². The van der Waals surface area contributed by atoms with Gasteiger partial charge in [0.2, 0.25) is 0 Å². The Kier molecular flexibility index (Phi) is 5.59. The minimum Gasteiger partial charge on any atom is -0.394 e. The van der Waals surface area contributed by atoms with Crippen molar-refractivity contribution in [3.63, 3.8) is 0 Å². The molecule has 1 unspecified atom stereocenters. The summed E-state index contributed by atoms with van der Waals surface area (Å²) in [6, 6.07) is 11.6. The van der Waals surface area contributed by atoms with E-state index in [0.29, 0.717) is 10.6 Å². The highest BCUT2D eigenvalue weighted by Crippen LogP contribution is 2.33. The maximum Gasteiger partial charge on any atom is 0.142 e. The Hall–Kier alpha value is -1.13. The van der Waals surface area contributed by atoms with Crippen molar-refractivity contribution >= 4 is 23.2 Å². The summed E-state index contributed by atoms with van der Waals surface area (Å²) in [5.74, 6) is -0.509. The first kappa shape index (κ1) is 16.2. The fraction of sp³-hybridized carbons (Fsp3) is 0.250. The molecule has 0 aromatic heterocycles. The molecular formula is C16H16Cl2FNO. The number of aliphatic hydroxyl groups is 1. The molecule has 21 heavy (non-hydrogen) atoms. The van der Waals surface area contributed by atoms with Crippen molar-refractivity contribution in [1.82, 2.24) is 5.32 Å².